The molecular formula is C19H26O. The molecule has 0 saturated carbocycles. The van der Waals surface area contributed by atoms with Crippen molar-refractivity contribution in [3.8, 4) is 0 Å². The molecule has 20 heavy (non-hydrogen) atoms. The summed E-state index contributed by atoms with van der Waals surface area (Å²) < 4.78 is 0. The van der Waals surface area contributed by atoms with Crippen molar-refractivity contribution in [1.29, 1.82) is 0 Å². The van der Waals surface area contributed by atoms with E-state index in [0.29, 0.717) is 5.41 Å². The van der Waals surface area contributed by atoms with E-state index in [1.165, 1.54) is 30.4 Å². The Hall–Kier alpha value is -1.63. The standard InChI is InChI=1S/C19H26O/c1-16(13-15-20)10-7-5-6-8-12-18-17(2)11-9-14-19(18,3)4/h5-8,10,12-13,15H,9,11,14H2,1-4H3/b6-5+,10-7+,12-8+,16-13+. The summed E-state index contributed by atoms with van der Waals surface area (Å²) >= 11 is 0. The Morgan fingerprint density at radius 3 is 2.50 bits per heavy atom. The molecule has 1 rings (SSSR count). The molecule has 0 atom stereocenters. The van der Waals surface area contributed by atoms with Crippen LogP contribution in [0.1, 0.15) is 47.0 Å². The summed E-state index contributed by atoms with van der Waals surface area (Å²) in [5, 5.41) is 0. The lowest BCUT2D eigenvalue weighted by molar-refractivity contribution is -0.104. The number of carbonyl (C=O) groups is 1. The van der Waals surface area contributed by atoms with E-state index in [1.807, 2.05) is 31.2 Å². The Morgan fingerprint density at radius 2 is 1.85 bits per heavy atom. The van der Waals surface area contributed by atoms with Gasteiger partial charge in [0.2, 0.25) is 0 Å². The van der Waals surface area contributed by atoms with Crippen LogP contribution in [0.15, 0.2) is 59.3 Å². The molecule has 0 aromatic carbocycles. The van der Waals surface area contributed by atoms with E-state index in [4.69, 9.17) is 0 Å². The van der Waals surface area contributed by atoms with Gasteiger partial charge in [-0.1, -0.05) is 55.9 Å². The van der Waals surface area contributed by atoms with Crippen molar-refractivity contribution in [3.05, 3.63) is 59.3 Å². The van der Waals surface area contributed by atoms with Gasteiger partial charge in [-0.15, -0.1) is 0 Å². The van der Waals surface area contributed by atoms with Crippen molar-refractivity contribution in [2.45, 2.75) is 47.0 Å². The van der Waals surface area contributed by atoms with Gasteiger partial charge in [-0.05, 0) is 55.7 Å². The second kappa shape index (κ2) is 7.84. The van der Waals surface area contributed by atoms with E-state index >= 15 is 0 Å². The van der Waals surface area contributed by atoms with Gasteiger partial charge >= 0.3 is 0 Å². The minimum Gasteiger partial charge on any atom is -0.299 e. The molecule has 0 radical (unpaired) electrons. The third-order valence-electron chi connectivity index (χ3n) is 3.83. The zero-order valence-electron chi connectivity index (χ0n) is 13.1. The van der Waals surface area contributed by atoms with Crippen LogP contribution in [0, 0.1) is 5.41 Å². The van der Waals surface area contributed by atoms with Crippen LogP contribution in [-0.2, 0) is 4.79 Å². The van der Waals surface area contributed by atoms with Gasteiger partial charge in [0.25, 0.3) is 0 Å². The van der Waals surface area contributed by atoms with E-state index in [9.17, 15) is 4.79 Å². The van der Waals surface area contributed by atoms with E-state index in [-0.39, 0.29) is 0 Å². The highest BCUT2D eigenvalue weighted by molar-refractivity contribution is 5.66. The molecule has 0 saturated heterocycles. The van der Waals surface area contributed by atoms with Gasteiger partial charge in [-0.3, -0.25) is 4.79 Å². The first-order valence-corrected chi connectivity index (χ1v) is 7.31. The second-order valence-electron chi connectivity index (χ2n) is 6.08. The van der Waals surface area contributed by atoms with Crippen LogP contribution in [0.25, 0.3) is 0 Å². The fourth-order valence-corrected chi connectivity index (χ4v) is 2.66. The van der Waals surface area contributed by atoms with Crippen LogP contribution >= 0.6 is 0 Å². The smallest absolute Gasteiger partial charge is 0.143 e. The molecule has 0 N–H and O–H groups in total. The van der Waals surface area contributed by atoms with Crippen molar-refractivity contribution in [2.75, 3.05) is 0 Å². The van der Waals surface area contributed by atoms with Gasteiger partial charge in [0.15, 0.2) is 0 Å². The molecule has 0 heterocycles. The highest BCUT2D eigenvalue weighted by Crippen LogP contribution is 2.40. The second-order valence-corrected chi connectivity index (χ2v) is 6.08. The first-order chi connectivity index (χ1) is 9.47. The van der Waals surface area contributed by atoms with Gasteiger partial charge in [0.1, 0.15) is 6.29 Å². The average Bonchev–Trinajstić information content (AvgIpc) is 2.36. The summed E-state index contributed by atoms with van der Waals surface area (Å²) in [5.74, 6) is 0. The molecule has 1 aliphatic rings. The van der Waals surface area contributed by atoms with Crippen LogP contribution < -0.4 is 0 Å². The number of aldehydes is 1. The molecule has 0 amide bonds. The number of rotatable bonds is 5. The summed E-state index contributed by atoms with van der Waals surface area (Å²) in [5.41, 5.74) is 4.26. The average molecular weight is 270 g/mol. The molecule has 0 aromatic rings. The van der Waals surface area contributed by atoms with Gasteiger partial charge < -0.3 is 0 Å². The molecule has 1 nitrogen and oxygen atoms in total. The van der Waals surface area contributed by atoms with Crippen molar-refractivity contribution >= 4 is 6.29 Å². The number of allylic oxidation sites excluding steroid dienone is 10. The van der Waals surface area contributed by atoms with Crippen LogP contribution in [0.5, 0.6) is 0 Å². The summed E-state index contributed by atoms with van der Waals surface area (Å²) in [6, 6.07) is 0. The van der Waals surface area contributed by atoms with Crippen molar-refractivity contribution < 1.29 is 4.79 Å². The molecule has 108 valence electrons. The number of hydrogen-bond donors (Lipinski definition) is 0. The molecule has 1 aliphatic carbocycles. The van der Waals surface area contributed by atoms with Crippen molar-refractivity contribution in [2.24, 2.45) is 5.41 Å². The maximum Gasteiger partial charge on any atom is 0.143 e. The van der Waals surface area contributed by atoms with Crippen molar-refractivity contribution in [1.82, 2.24) is 0 Å². The zero-order chi connectivity index (χ0) is 15.0. The Morgan fingerprint density at radius 1 is 1.15 bits per heavy atom. The quantitative estimate of drug-likeness (QED) is 0.375. The lowest BCUT2D eigenvalue weighted by Crippen LogP contribution is -2.18. The third-order valence-corrected chi connectivity index (χ3v) is 3.83. The molecule has 0 spiro atoms. The molecular weight excluding hydrogens is 244 g/mol. The SMILES string of the molecule is CC1=C(/C=C/C=C/C=C/C(C)=C/C=O)C(C)(C)CCC1. The fourth-order valence-electron chi connectivity index (χ4n) is 2.66. The Kier molecular flexibility index (Phi) is 6.44. The van der Waals surface area contributed by atoms with Gasteiger partial charge in [-0.25, -0.2) is 0 Å². The summed E-state index contributed by atoms with van der Waals surface area (Å²) in [4.78, 5) is 10.3. The van der Waals surface area contributed by atoms with Crippen LogP contribution in [0.4, 0.5) is 0 Å². The Labute approximate surface area is 123 Å². The first kappa shape index (κ1) is 16.4. The molecule has 0 unspecified atom stereocenters. The van der Waals surface area contributed by atoms with Crippen molar-refractivity contribution in [3.63, 3.8) is 0 Å². The maximum atomic E-state index is 10.3. The van der Waals surface area contributed by atoms with Gasteiger partial charge in [-0.2, -0.15) is 0 Å². The summed E-state index contributed by atoms with van der Waals surface area (Å²) in [7, 11) is 0. The predicted molar refractivity (Wildman–Crippen MR) is 87.6 cm³/mol. The minimum atomic E-state index is 0.297. The summed E-state index contributed by atoms with van der Waals surface area (Å²) in [6.07, 6.45) is 18.4. The third kappa shape index (κ3) is 5.16. The van der Waals surface area contributed by atoms with Crippen LogP contribution in [0.2, 0.25) is 0 Å². The Bertz CT molecular complexity index is 482. The number of carbonyl (C=O) groups excluding carboxylic acids is 1. The molecule has 1 heteroatoms. The molecule has 0 fully saturated rings. The Balaban J connectivity index is 2.65. The molecule has 0 aromatic heterocycles. The first-order valence-electron chi connectivity index (χ1n) is 7.31. The van der Waals surface area contributed by atoms with E-state index in [1.54, 1.807) is 6.08 Å². The molecule has 0 aliphatic heterocycles. The normalized spacial score (nSPS) is 20.5. The highest BCUT2D eigenvalue weighted by atomic mass is 16.1. The zero-order valence-corrected chi connectivity index (χ0v) is 13.1. The van der Waals surface area contributed by atoms with E-state index in [0.717, 1.165) is 11.9 Å². The highest BCUT2D eigenvalue weighted by Gasteiger charge is 2.26. The predicted octanol–water partition coefficient (Wildman–Crippen LogP) is 5.33. The maximum absolute atomic E-state index is 10.3. The topological polar surface area (TPSA) is 17.1 Å². The van der Waals surface area contributed by atoms with Crippen LogP contribution in [-0.4, -0.2) is 6.29 Å². The van der Waals surface area contributed by atoms with E-state index < -0.39 is 0 Å². The monoisotopic (exact) mass is 270 g/mol. The molecule has 0 bridgehead atoms. The summed E-state index contributed by atoms with van der Waals surface area (Å²) in [6.45, 7) is 8.81. The lowest BCUT2D eigenvalue weighted by Gasteiger charge is -2.32. The van der Waals surface area contributed by atoms with Gasteiger partial charge in [0, 0.05) is 0 Å². The lowest BCUT2D eigenvalue weighted by atomic mass is 9.73. The van der Waals surface area contributed by atoms with E-state index in [2.05, 4.69) is 32.9 Å². The minimum absolute atomic E-state index is 0.297. The largest absolute Gasteiger partial charge is 0.299 e. The fraction of sp³-hybridized carbons (Fsp3) is 0.421. The van der Waals surface area contributed by atoms with Crippen LogP contribution in [0.3, 0.4) is 0 Å². The number of hydrogen-bond acceptors (Lipinski definition) is 1. The van der Waals surface area contributed by atoms with Gasteiger partial charge in [0.05, 0.1) is 0 Å².